The first-order valence-corrected chi connectivity index (χ1v) is 7.34. The maximum atomic E-state index is 11.6. The predicted molar refractivity (Wildman–Crippen MR) is 72.4 cm³/mol. The minimum atomic E-state index is -1.36. The van der Waals surface area contributed by atoms with E-state index in [9.17, 15) is 39.6 Å². The van der Waals surface area contributed by atoms with Crippen LogP contribution >= 0.6 is 11.6 Å². The molecule has 0 aliphatic heterocycles. The number of halogens is 1. The average Bonchev–Trinajstić information content (AvgIpc) is 2.36. The zero-order valence-electron chi connectivity index (χ0n) is 11.5. The second-order valence-corrected chi connectivity index (χ2v) is 6.70. The van der Waals surface area contributed by atoms with Crippen molar-refractivity contribution < 1.29 is 39.6 Å². The van der Waals surface area contributed by atoms with Gasteiger partial charge in [-0.05, 0) is 17.8 Å². The van der Waals surface area contributed by atoms with Crippen LogP contribution in [0.3, 0.4) is 0 Å². The van der Waals surface area contributed by atoms with E-state index >= 15 is 0 Å². The van der Waals surface area contributed by atoms with E-state index in [1.165, 1.54) is 6.08 Å². The minimum absolute atomic E-state index is 0.122. The summed E-state index contributed by atoms with van der Waals surface area (Å²) in [5.74, 6) is -13.9. The largest absolute Gasteiger partial charge is 0.481 e. The summed E-state index contributed by atoms with van der Waals surface area (Å²) in [5.41, 5.74) is 0. The summed E-state index contributed by atoms with van der Waals surface area (Å²) in [5, 5.41) is 37.5. The quantitative estimate of drug-likeness (QED) is 0.573. The summed E-state index contributed by atoms with van der Waals surface area (Å²) in [4.78, 5) is 46.0. The summed E-state index contributed by atoms with van der Waals surface area (Å²) in [7, 11) is 0. The molecule has 0 spiro atoms. The summed E-state index contributed by atoms with van der Waals surface area (Å²) in [6.07, 6.45) is 1.40. The summed E-state index contributed by atoms with van der Waals surface area (Å²) in [6.45, 7) is 0. The maximum absolute atomic E-state index is 11.6. The van der Waals surface area contributed by atoms with Crippen molar-refractivity contribution in [2.45, 2.75) is 0 Å². The molecule has 4 N–H and O–H groups in total. The van der Waals surface area contributed by atoms with Gasteiger partial charge in [-0.3, -0.25) is 19.2 Å². The van der Waals surface area contributed by atoms with Crippen molar-refractivity contribution in [1.82, 2.24) is 0 Å². The molecule has 4 aliphatic rings. The number of carboxylic acid groups (broad SMARTS) is 4. The van der Waals surface area contributed by atoms with Crippen LogP contribution in [0.5, 0.6) is 0 Å². The van der Waals surface area contributed by atoms with E-state index in [4.69, 9.17) is 11.6 Å². The van der Waals surface area contributed by atoms with Crippen LogP contribution in [0, 0.1) is 47.3 Å². The molecule has 0 heterocycles. The molecule has 4 aliphatic carbocycles. The topological polar surface area (TPSA) is 149 Å². The average molecular weight is 345 g/mol. The van der Waals surface area contributed by atoms with E-state index < -0.39 is 71.2 Å². The summed E-state index contributed by atoms with van der Waals surface area (Å²) in [6, 6.07) is 0. The Kier molecular flexibility index (Phi) is 3.40. The standard InChI is InChI=1S/C14H13ClO8/c15-3-1-2-4-7(10(14(22)23)8(4)12(18)19)6(3)9(13(20)21)5(2)11(16)17/h1-2,4-10H,(H,16,17)(H,18,19)(H,20,21)(H,22,23). The number of hydrogen-bond donors (Lipinski definition) is 4. The third kappa shape index (κ3) is 1.90. The first-order valence-electron chi connectivity index (χ1n) is 6.97. The molecule has 0 aromatic rings. The second-order valence-electron chi connectivity index (χ2n) is 6.27. The van der Waals surface area contributed by atoms with Gasteiger partial charge in [0.25, 0.3) is 0 Å². The van der Waals surface area contributed by atoms with E-state index in [0.29, 0.717) is 0 Å². The van der Waals surface area contributed by atoms with Crippen molar-refractivity contribution in [2.75, 3.05) is 0 Å². The highest BCUT2D eigenvalue weighted by Crippen LogP contribution is 2.66. The number of rotatable bonds is 4. The highest BCUT2D eigenvalue weighted by Gasteiger charge is 2.71. The molecule has 0 amide bonds. The highest BCUT2D eigenvalue weighted by molar-refractivity contribution is 6.30. The molecule has 124 valence electrons. The molecule has 8 atom stereocenters. The maximum Gasteiger partial charge on any atom is 0.308 e. The third-order valence-electron chi connectivity index (χ3n) is 5.52. The van der Waals surface area contributed by atoms with Gasteiger partial charge in [-0.25, -0.2) is 0 Å². The third-order valence-corrected chi connectivity index (χ3v) is 5.90. The number of fused-ring (bicyclic) bond motifs is 1. The van der Waals surface area contributed by atoms with E-state index in [-0.39, 0.29) is 5.03 Å². The van der Waals surface area contributed by atoms with Gasteiger partial charge in [0, 0.05) is 11.0 Å². The molecule has 0 saturated heterocycles. The lowest BCUT2D eigenvalue weighted by Crippen LogP contribution is -2.68. The van der Waals surface area contributed by atoms with Crippen molar-refractivity contribution in [3.8, 4) is 0 Å². The van der Waals surface area contributed by atoms with Crippen LogP contribution < -0.4 is 0 Å². The van der Waals surface area contributed by atoms with Crippen LogP contribution in [-0.2, 0) is 19.2 Å². The summed E-state index contributed by atoms with van der Waals surface area (Å²) >= 11 is 6.08. The SMILES string of the molecule is O=C(O)C1C2C=C(Cl)C(C1C(=O)O)C1C(C(=O)O)C(C(=O)O)C21. The van der Waals surface area contributed by atoms with E-state index in [0.717, 1.165) is 0 Å². The molecule has 2 fully saturated rings. The number of aliphatic carboxylic acids is 4. The van der Waals surface area contributed by atoms with Crippen molar-refractivity contribution >= 4 is 35.5 Å². The lowest BCUT2D eigenvalue weighted by Gasteiger charge is -2.62. The Labute approximate surface area is 134 Å². The van der Waals surface area contributed by atoms with Crippen molar-refractivity contribution in [1.29, 1.82) is 0 Å². The van der Waals surface area contributed by atoms with Crippen molar-refractivity contribution in [3.05, 3.63) is 11.1 Å². The van der Waals surface area contributed by atoms with Gasteiger partial charge in [0.15, 0.2) is 0 Å². The molecule has 8 unspecified atom stereocenters. The number of hydrogen-bond acceptors (Lipinski definition) is 4. The number of carboxylic acids is 4. The van der Waals surface area contributed by atoms with Crippen LogP contribution in [0.2, 0.25) is 0 Å². The Balaban J connectivity index is 2.12. The molecular weight excluding hydrogens is 332 g/mol. The Morgan fingerprint density at radius 3 is 1.61 bits per heavy atom. The fourth-order valence-corrected chi connectivity index (χ4v) is 5.27. The zero-order valence-corrected chi connectivity index (χ0v) is 12.3. The van der Waals surface area contributed by atoms with Gasteiger partial charge in [0.2, 0.25) is 0 Å². The van der Waals surface area contributed by atoms with E-state index in [1.807, 2.05) is 0 Å². The lowest BCUT2D eigenvalue weighted by molar-refractivity contribution is -0.206. The van der Waals surface area contributed by atoms with Gasteiger partial charge in [-0.1, -0.05) is 17.7 Å². The molecule has 23 heavy (non-hydrogen) atoms. The van der Waals surface area contributed by atoms with Crippen molar-refractivity contribution in [2.24, 2.45) is 47.3 Å². The van der Waals surface area contributed by atoms with Crippen LogP contribution in [-0.4, -0.2) is 44.3 Å². The predicted octanol–water partition coefficient (Wildman–Crippen LogP) is 0.418. The van der Waals surface area contributed by atoms with Gasteiger partial charge in [0.05, 0.1) is 23.7 Å². The second kappa shape index (κ2) is 4.95. The fourth-order valence-electron chi connectivity index (χ4n) is 4.84. The van der Waals surface area contributed by atoms with Gasteiger partial charge in [-0.2, -0.15) is 0 Å². The molecular formula is C14H13ClO8. The van der Waals surface area contributed by atoms with Gasteiger partial charge in [0.1, 0.15) is 0 Å². The Bertz CT molecular complexity index is 655. The van der Waals surface area contributed by atoms with Gasteiger partial charge < -0.3 is 20.4 Å². The van der Waals surface area contributed by atoms with Crippen molar-refractivity contribution in [3.63, 3.8) is 0 Å². The fraction of sp³-hybridized carbons (Fsp3) is 0.571. The van der Waals surface area contributed by atoms with E-state index in [2.05, 4.69) is 0 Å². The van der Waals surface area contributed by atoms with Crippen LogP contribution in [0.15, 0.2) is 11.1 Å². The molecule has 2 bridgehead atoms. The summed E-state index contributed by atoms with van der Waals surface area (Å²) < 4.78 is 0. The zero-order chi connectivity index (χ0) is 17.2. The first kappa shape index (κ1) is 15.8. The molecule has 9 heteroatoms. The Morgan fingerprint density at radius 2 is 1.17 bits per heavy atom. The highest BCUT2D eigenvalue weighted by atomic mass is 35.5. The Hall–Kier alpha value is -2.09. The molecule has 0 aromatic carbocycles. The normalized spacial score (nSPS) is 43.8. The van der Waals surface area contributed by atoms with Gasteiger partial charge in [-0.15, -0.1) is 0 Å². The molecule has 8 nitrogen and oxygen atoms in total. The molecule has 4 rings (SSSR count). The van der Waals surface area contributed by atoms with Crippen LogP contribution in [0.4, 0.5) is 0 Å². The number of allylic oxidation sites excluding steroid dienone is 2. The molecule has 2 saturated carbocycles. The molecule has 0 aromatic heterocycles. The van der Waals surface area contributed by atoms with E-state index in [1.54, 1.807) is 0 Å². The number of carbonyl (C=O) groups is 4. The monoisotopic (exact) mass is 344 g/mol. The van der Waals surface area contributed by atoms with Gasteiger partial charge >= 0.3 is 23.9 Å². The molecule has 0 radical (unpaired) electrons. The minimum Gasteiger partial charge on any atom is -0.481 e. The smallest absolute Gasteiger partial charge is 0.308 e. The van der Waals surface area contributed by atoms with Crippen LogP contribution in [0.25, 0.3) is 0 Å². The first-order chi connectivity index (χ1) is 10.7. The Morgan fingerprint density at radius 1 is 0.739 bits per heavy atom. The van der Waals surface area contributed by atoms with Crippen LogP contribution in [0.1, 0.15) is 0 Å². The lowest BCUT2D eigenvalue weighted by atomic mass is 9.39.